The second-order valence-electron chi connectivity index (χ2n) is 5.10. The maximum atomic E-state index is 12.4. The number of hydrogen-bond donors (Lipinski definition) is 0. The van der Waals surface area contributed by atoms with Crippen LogP contribution in [0.1, 0.15) is 0 Å². The van der Waals surface area contributed by atoms with E-state index in [-0.39, 0.29) is 26.2 Å². The Balaban J connectivity index is 2.32. The minimum Gasteiger partial charge on any atom is -0.492 e. The number of hydrogen-bond acceptors (Lipinski definition) is 4. The van der Waals surface area contributed by atoms with Crippen LogP contribution in [0.25, 0.3) is 0 Å². The van der Waals surface area contributed by atoms with Crippen LogP contribution in [0.5, 0.6) is 5.75 Å². The molecule has 1 heterocycles. The van der Waals surface area contributed by atoms with Crippen LogP contribution in [0.2, 0.25) is 5.02 Å². The van der Waals surface area contributed by atoms with E-state index < -0.39 is 17.1 Å². The molecule has 0 bridgehead atoms. The van der Waals surface area contributed by atoms with Gasteiger partial charge in [-0.3, -0.25) is 0 Å². The number of allylic oxidation sites excluding steroid dienone is 2. The van der Waals surface area contributed by atoms with Gasteiger partial charge in [0.25, 0.3) is 0 Å². The molecule has 0 atom stereocenters. The molecule has 8 heteroatoms. The lowest BCUT2D eigenvalue weighted by molar-refractivity contribution is 0.286. The largest absolute Gasteiger partial charge is 0.492 e. The second kappa shape index (κ2) is 8.34. The van der Waals surface area contributed by atoms with Crippen molar-refractivity contribution >= 4 is 11.6 Å². The van der Waals surface area contributed by atoms with Crippen molar-refractivity contribution in [2.75, 3.05) is 6.61 Å². The number of benzene rings is 1. The van der Waals surface area contributed by atoms with E-state index in [0.717, 1.165) is 13.7 Å². The summed E-state index contributed by atoms with van der Waals surface area (Å²) in [5.74, 6) is 0.559. The minimum atomic E-state index is -0.699. The summed E-state index contributed by atoms with van der Waals surface area (Å²) >= 11 is 5.80. The highest BCUT2D eigenvalue weighted by atomic mass is 35.5. The van der Waals surface area contributed by atoms with Crippen molar-refractivity contribution in [3.05, 3.63) is 86.1 Å². The van der Waals surface area contributed by atoms with Crippen molar-refractivity contribution in [3.63, 3.8) is 0 Å². The lowest BCUT2D eigenvalue weighted by Crippen LogP contribution is -2.54. The zero-order valence-corrected chi connectivity index (χ0v) is 14.3. The zero-order chi connectivity index (χ0) is 18.4. The molecule has 0 fully saturated rings. The molecular formula is C17H18ClN3O4. The fourth-order valence-electron chi connectivity index (χ4n) is 2.23. The van der Waals surface area contributed by atoms with Gasteiger partial charge < -0.3 is 4.74 Å². The van der Waals surface area contributed by atoms with Gasteiger partial charge in [0, 0.05) is 5.02 Å². The molecule has 0 spiro atoms. The van der Waals surface area contributed by atoms with E-state index in [0.29, 0.717) is 10.8 Å². The minimum absolute atomic E-state index is 0.00510. The third-order valence-corrected chi connectivity index (χ3v) is 3.66. The van der Waals surface area contributed by atoms with E-state index in [1.165, 1.54) is 12.2 Å². The van der Waals surface area contributed by atoms with Crippen molar-refractivity contribution in [2.45, 2.75) is 19.6 Å². The van der Waals surface area contributed by atoms with Crippen LogP contribution >= 0.6 is 11.6 Å². The summed E-state index contributed by atoms with van der Waals surface area (Å²) in [7, 11) is 0. The van der Waals surface area contributed by atoms with Gasteiger partial charge in [-0.05, 0) is 24.3 Å². The predicted octanol–water partition coefficient (Wildman–Crippen LogP) is 1.28. The SMILES string of the molecule is C=CCn1c(=O)n(CC=C)c(=O)n(CCOc2ccc(Cl)cc2)c1=O. The monoisotopic (exact) mass is 363 g/mol. The standard InChI is InChI=1S/C17H18ClN3O4/c1-3-9-19-15(22)20(10-4-2)17(24)21(16(19)23)11-12-25-14-7-5-13(18)6-8-14/h3-8H,1-2,9-12H2. The first kappa shape index (κ1) is 18.5. The topological polar surface area (TPSA) is 75.2 Å². The van der Waals surface area contributed by atoms with Crippen molar-refractivity contribution in [1.82, 2.24) is 13.7 Å². The van der Waals surface area contributed by atoms with Gasteiger partial charge in [-0.25, -0.2) is 28.1 Å². The Labute approximate surface area is 148 Å². The quantitative estimate of drug-likeness (QED) is 0.662. The molecule has 1 aromatic carbocycles. The van der Waals surface area contributed by atoms with E-state index >= 15 is 0 Å². The average Bonchev–Trinajstić information content (AvgIpc) is 2.60. The molecule has 25 heavy (non-hydrogen) atoms. The molecule has 0 aliphatic heterocycles. The van der Waals surface area contributed by atoms with Crippen LogP contribution in [0.4, 0.5) is 0 Å². The van der Waals surface area contributed by atoms with Gasteiger partial charge in [-0.2, -0.15) is 0 Å². The maximum absolute atomic E-state index is 12.4. The summed E-state index contributed by atoms with van der Waals surface area (Å²) in [6.45, 7) is 7.14. The summed E-state index contributed by atoms with van der Waals surface area (Å²) in [6, 6.07) is 6.70. The van der Waals surface area contributed by atoms with Crippen molar-refractivity contribution in [3.8, 4) is 5.75 Å². The first-order valence-corrected chi connectivity index (χ1v) is 7.92. The Morgan fingerprint density at radius 1 is 0.880 bits per heavy atom. The summed E-state index contributed by atoms with van der Waals surface area (Å²) in [4.78, 5) is 37.1. The van der Waals surface area contributed by atoms with Gasteiger partial charge in [-0.1, -0.05) is 23.8 Å². The van der Waals surface area contributed by atoms with Gasteiger partial charge in [0.1, 0.15) is 12.4 Å². The van der Waals surface area contributed by atoms with Crippen LogP contribution in [-0.4, -0.2) is 20.3 Å². The molecule has 1 aromatic heterocycles. The zero-order valence-electron chi connectivity index (χ0n) is 13.6. The molecule has 132 valence electrons. The van der Waals surface area contributed by atoms with Gasteiger partial charge >= 0.3 is 17.1 Å². The van der Waals surface area contributed by atoms with Crippen LogP contribution in [-0.2, 0) is 19.6 Å². The number of nitrogens with zero attached hydrogens (tertiary/aromatic N) is 3. The molecule has 0 aliphatic rings. The predicted molar refractivity (Wildman–Crippen MR) is 96.6 cm³/mol. The van der Waals surface area contributed by atoms with E-state index in [1.54, 1.807) is 24.3 Å². The first-order valence-electron chi connectivity index (χ1n) is 7.54. The fraction of sp³-hybridized carbons (Fsp3) is 0.235. The maximum Gasteiger partial charge on any atom is 0.336 e. The second-order valence-corrected chi connectivity index (χ2v) is 5.54. The molecule has 0 N–H and O–H groups in total. The van der Waals surface area contributed by atoms with Gasteiger partial charge in [-0.15, -0.1) is 13.2 Å². The highest BCUT2D eigenvalue weighted by Gasteiger charge is 2.13. The van der Waals surface area contributed by atoms with Gasteiger partial charge in [0.15, 0.2) is 0 Å². The summed E-state index contributed by atoms with van der Waals surface area (Å²) in [5, 5.41) is 0.576. The van der Waals surface area contributed by atoms with E-state index in [9.17, 15) is 14.4 Å². The summed E-state index contributed by atoms with van der Waals surface area (Å²) in [6.07, 6.45) is 2.83. The normalized spacial score (nSPS) is 10.4. The highest BCUT2D eigenvalue weighted by molar-refractivity contribution is 6.30. The van der Waals surface area contributed by atoms with Gasteiger partial charge in [0.05, 0.1) is 19.6 Å². The lowest BCUT2D eigenvalue weighted by Gasteiger charge is -2.12. The Morgan fingerprint density at radius 3 is 1.84 bits per heavy atom. The summed E-state index contributed by atoms with van der Waals surface area (Å²) in [5.41, 5.74) is -2.09. The number of halogens is 1. The fourth-order valence-corrected chi connectivity index (χ4v) is 2.36. The third-order valence-electron chi connectivity index (χ3n) is 3.41. The number of ether oxygens (including phenoxy) is 1. The van der Waals surface area contributed by atoms with Crippen molar-refractivity contribution in [2.24, 2.45) is 0 Å². The highest BCUT2D eigenvalue weighted by Crippen LogP contribution is 2.15. The molecule has 0 saturated heterocycles. The van der Waals surface area contributed by atoms with Crippen molar-refractivity contribution in [1.29, 1.82) is 0 Å². The van der Waals surface area contributed by atoms with Crippen molar-refractivity contribution < 1.29 is 4.74 Å². The van der Waals surface area contributed by atoms with Crippen LogP contribution in [0.15, 0.2) is 64.0 Å². The molecular weight excluding hydrogens is 346 g/mol. The molecule has 0 radical (unpaired) electrons. The molecule has 0 saturated carbocycles. The average molecular weight is 364 g/mol. The Hall–Kier alpha value is -2.80. The molecule has 2 rings (SSSR count). The van der Waals surface area contributed by atoms with Gasteiger partial charge in [0.2, 0.25) is 0 Å². The Morgan fingerprint density at radius 2 is 1.36 bits per heavy atom. The molecule has 0 amide bonds. The Bertz CT molecular complexity index is 890. The van der Waals surface area contributed by atoms with E-state index in [2.05, 4.69) is 13.2 Å². The Kier molecular flexibility index (Phi) is 6.19. The molecule has 0 aliphatic carbocycles. The van der Waals surface area contributed by atoms with Crippen LogP contribution in [0.3, 0.4) is 0 Å². The lowest BCUT2D eigenvalue weighted by atomic mass is 10.3. The van der Waals surface area contributed by atoms with Crippen LogP contribution < -0.4 is 21.8 Å². The smallest absolute Gasteiger partial charge is 0.336 e. The number of rotatable bonds is 8. The number of aromatic nitrogens is 3. The van der Waals surface area contributed by atoms with E-state index in [4.69, 9.17) is 16.3 Å². The molecule has 7 nitrogen and oxygen atoms in total. The molecule has 0 unspecified atom stereocenters. The van der Waals surface area contributed by atoms with Crippen LogP contribution in [0, 0.1) is 0 Å². The van der Waals surface area contributed by atoms with E-state index in [1.807, 2.05) is 0 Å². The third kappa shape index (κ3) is 4.19. The summed E-state index contributed by atoms with van der Waals surface area (Å²) < 4.78 is 8.36. The first-order chi connectivity index (χ1) is 12.0. The molecule has 2 aromatic rings.